The third kappa shape index (κ3) is 5.77. The van der Waals surface area contributed by atoms with Crippen molar-refractivity contribution < 1.29 is 37.0 Å². The molecule has 33 heavy (non-hydrogen) atoms. The van der Waals surface area contributed by atoms with Crippen molar-refractivity contribution in [2.75, 3.05) is 25.0 Å². The minimum absolute atomic E-state index is 0.0304. The number of alkyl halides is 4. The predicted octanol–water partition coefficient (Wildman–Crippen LogP) is 3.94. The number of hydrogen-bond acceptors (Lipinski definition) is 4. The number of anilines is 1. The Morgan fingerprint density at radius 3 is 2.48 bits per heavy atom. The minimum atomic E-state index is -4.50. The van der Waals surface area contributed by atoms with Crippen LogP contribution in [0.3, 0.4) is 0 Å². The molecule has 1 aromatic carbocycles. The normalized spacial score (nSPS) is 17.0. The van der Waals surface area contributed by atoms with Gasteiger partial charge >= 0.3 is 12.2 Å². The maximum Gasteiger partial charge on any atom is 0.416 e. The molecule has 2 aromatic rings. The molecular weight excluding hydrogens is 449 g/mol. The number of aryl methyl sites for hydroxylation is 1. The van der Waals surface area contributed by atoms with Crippen LogP contribution in [0.1, 0.15) is 35.2 Å². The number of carbonyl (C=O) groups is 1. The summed E-state index contributed by atoms with van der Waals surface area (Å²) in [6, 6.07) is 3.70. The van der Waals surface area contributed by atoms with Crippen molar-refractivity contribution >= 4 is 11.7 Å². The number of nitrogens with one attached hydrogen (secondary N) is 1. The van der Waals surface area contributed by atoms with E-state index in [0.29, 0.717) is 5.56 Å². The Bertz CT molecular complexity index is 1010. The average Bonchev–Trinajstić information content (AvgIpc) is 2.73. The van der Waals surface area contributed by atoms with E-state index in [-0.39, 0.29) is 49.3 Å². The van der Waals surface area contributed by atoms with Gasteiger partial charge in [-0.25, -0.2) is 13.6 Å². The first-order valence-corrected chi connectivity index (χ1v) is 10.3. The Morgan fingerprint density at radius 2 is 1.94 bits per heavy atom. The molecule has 1 fully saturated rings. The molecule has 0 saturated carbocycles. The zero-order chi connectivity index (χ0) is 24.4. The highest BCUT2D eigenvalue weighted by Gasteiger charge is 2.41. The van der Waals surface area contributed by atoms with Gasteiger partial charge in [0.2, 0.25) is 0 Å². The van der Waals surface area contributed by atoms with Crippen LogP contribution in [0.5, 0.6) is 0 Å². The highest BCUT2D eigenvalue weighted by molar-refractivity contribution is 5.89. The summed E-state index contributed by atoms with van der Waals surface area (Å²) in [6.45, 7) is 0.691. The number of rotatable bonds is 5. The molecular formula is C22H24F5N3O3. The molecule has 0 radical (unpaired) electrons. The second kappa shape index (κ2) is 9.60. The Labute approximate surface area is 187 Å². The molecule has 1 aliphatic heterocycles. The van der Waals surface area contributed by atoms with E-state index in [9.17, 15) is 27.5 Å². The summed E-state index contributed by atoms with van der Waals surface area (Å²) in [5, 5.41) is 20.8. The molecule has 0 spiro atoms. The van der Waals surface area contributed by atoms with E-state index in [1.54, 1.807) is 0 Å². The lowest BCUT2D eigenvalue weighted by Gasteiger charge is -2.36. The van der Waals surface area contributed by atoms with Crippen LogP contribution in [-0.4, -0.2) is 51.9 Å². The highest BCUT2D eigenvalue weighted by atomic mass is 19.4. The van der Waals surface area contributed by atoms with Gasteiger partial charge < -0.3 is 20.4 Å². The molecule has 2 heterocycles. The molecule has 1 aromatic heterocycles. The van der Waals surface area contributed by atoms with E-state index in [1.165, 1.54) is 24.1 Å². The molecule has 1 saturated heterocycles. The number of likely N-dealkylation sites (tertiary alicyclic amines) is 1. The second-order valence-corrected chi connectivity index (χ2v) is 8.12. The van der Waals surface area contributed by atoms with Crippen molar-refractivity contribution in [3.8, 4) is 0 Å². The van der Waals surface area contributed by atoms with Crippen molar-refractivity contribution in [2.45, 2.75) is 44.1 Å². The molecule has 1 atom stereocenters. The summed E-state index contributed by atoms with van der Waals surface area (Å²) in [5.41, 5.74) is -2.84. The van der Waals surface area contributed by atoms with E-state index in [4.69, 9.17) is 5.11 Å². The summed E-state index contributed by atoms with van der Waals surface area (Å²) in [6.07, 6.45) is -4.79. The number of benzene rings is 1. The number of aliphatic hydroxyl groups is 2. The van der Waals surface area contributed by atoms with Crippen LogP contribution in [0.25, 0.3) is 0 Å². The summed E-state index contributed by atoms with van der Waals surface area (Å²) in [5.74, 6) is -0.877. The average molecular weight is 473 g/mol. The van der Waals surface area contributed by atoms with Crippen LogP contribution in [-0.2, 0) is 18.3 Å². The molecule has 0 unspecified atom stereocenters. The van der Waals surface area contributed by atoms with Gasteiger partial charge in [0, 0.05) is 44.2 Å². The molecule has 0 bridgehead atoms. The van der Waals surface area contributed by atoms with Gasteiger partial charge in [0.15, 0.2) is 5.67 Å². The van der Waals surface area contributed by atoms with Gasteiger partial charge in [-0.1, -0.05) is 0 Å². The largest absolute Gasteiger partial charge is 0.416 e. The van der Waals surface area contributed by atoms with Gasteiger partial charge in [-0.05, 0) is 42.3 Å². The van der Waals surface area contributed by atoms with E-state index in [0.717, 1.165) is 18.2 Å². The number of hydrogen-bond donors (Lipinski definition) is 3. The predicted molar refractivity (Wildman–Crippen MR) is 110 cm³/mol. The van der Waals surface area contributed by atoms with Crippen molar-refractivity contribution in [2.24, 2.45) is 0 Å². The van der Waals surface area contributed by atoms with E-state index in [2.05, 4.69) is 10.3 Å². The number of amides is 2. The molecule has 3 N–H and O–H groups in total. The number of halogens is 5. The van der Waals surface area contributed by atoms with Gasteiger partial charge in [0.1, 0.15) is 11.5 Å². The molecule has 180 valence electrons. The number of aliphatic hydroxyl groups excluding tert-OH is 2. The SMILES string of the molecule is Cc1cc(NC(=O)N2CCC(F)(c3ncc(C[C@@H](O)CO)cc3F)CC2)ccc1C(F)(F)F. The monoisotopic (exact) mass is 473 g/mol. The molecule has 1 aliphatic rings. The Kier molecular flexibility index (Phi) is 7.23. The number of aromatic nitrogens is 1. The first-order valence-electron chi connectivity index (χ1n) is 10.3. The van der Waals surface area contributed by atoms with Crippen molar-refractivity contribution in [3.05, 3.63) is 58.7 Å². The zero-order valence-corrected chi connectivity index (χ0v) is 17.8. The minimum Gasteiger partial charge on any atom is -0.394 e. The lowest BCUT2D eigenvalue weighted by atomic mass is 9.89. The molecule has 2 amide bonds. The lowest BCUT2D eigenvalue weighted by molar-refractivity contribution is -0.138. The van der Waals surface area contributed by atoms with Crippen molar-refractivity contribution in [1.82, 2.24) is 9.88 Å². The number of nitrogens with zero attached hydrogens (tertiary/aromatic N) is 2. The first-order chi connectivity index (χ1) is 15.4. The smallest absolute Gasteiger partial charge is 0.394 e. The van der Waals surface area contributed by atoms with Gasteiger partial charge in [-0.2, -0.15) is 13.2 Å². The first kappa shape index (κ1) is 24.8. The van der Waals surface area contributed by atoms with Crippen molar-refractivity contribution in [3.63, 3.8) is 0 Å². The number of carbonyl (C=O) groups excluding carboxylic acids is 1. The fraction of sp³-hybridized carbons (Fsp3) is 0.455. The van der Waals surface area contributed by atoms with Crippen LogP contribution < -0.4 is 5.32 Å². The summed E-state index contributed by atoms with van der Waals surface area (Å²) in [4.78, 5) is 17.7. The van der Waals surface area contributed by atoms with Gasteiger partial charge in [-0.3, -0.25) is 4.98 Å². The van der Waals surface area contributed by atoms with Gasteiger partial charge in [-0.15, -0.1) is 0 Å². The summed E-state index contributed by atoms with van der Waals surface area (Å²) < 4.78 is 68.6. The fourth-order valence-electron chi connectivity index (χ4n) is 3.82. The van der Waals surface area contributed by atoms with Crippen LogP contribution >= 0.6 is 0 Å². The number of piperidine rings is 1. The third-order valence-electron chi connectivity index (χ3n) is 5.63. The van der Waals surface area contributed by atoms with E-state index >= 15 is 4.39 Å². The molecule has 6 nitrogen and oxygen atoms in total. The quantitative estimate of drug-likeness (QED) is 0.575. The summed E-state index contributed by atoms with van der Waals surface area (Å²) >= 11 is 0. The Balaban J connectivity index is 1.63. The van der Waals surface area contributed by atoms with Crippen LogP contribution in [0.4, 0.5) is 32.4 Å². The molecule has 11 heteroatoms. The molecule has 3 rings (SSSR count). The van der Waals surface area contributed by atoms with Crippen molar-refractivity contribution in [1.29, 1.82) is 0 Å². The topological polar surface area (TPSA) is 85.7 Å². The van der Waals surface area contributed by atoms with E-state index in [1.807, 2.05) is 0 Å². The second-order valence-electron chi connectivity index (χ2n) is 8.12. The summed E-state index contributed by atoms with van der Waals surface area (Å²) in [7, 11) is 0. The Hall–Kier alpha value is -2.79. The maximum absolute atomic E-state index is 15.4. The fourth-order valence-corrected chi connectivity index (χ4v) is 3.82. The maximum atomic E-state index is 15.4. The van der Waals surface area contributed by atoms with E-state index < -0.39 is 42.0 Å². The van der Waals surface area contributed by atoms with Gasteiger partial charge in [0.25, 0.3) is 0 Å². The highest BCUT2D eigenvalue weighted by Crippen LogP contribution is 2.38. The number of urea groups is 1. The molecule has 0 aliphatic carbocycles. The Morgan fingerprint density at radius 1 is 1.27 bits per heavy atom. The van der Waals surface area contributed by atoms with Gasteiger partial charge in [0.05, 0.1) is 18.3 Å². The number of pyridine rings is 1. The van der Waals surface area contributed by atoms with Crippen LogP contribution in [0.2, 0.25) is 0 Å². The van der Waals surface area contributed by atoms with Crippen LogP contribution in [0, 0.1) is 12.7 Å². The van der Waals surface area contributed by atoms with Crippen LogP contribution in [0.15, 0.2) is 30.5 Å². The lowest BCUT2D eigenvalue weighted by Crippen LogP contribution is -2.45. The zero-order valence-electron chi connectivity index (χ0n) is 17.8. The standard InChI is InChI=1S/C22H24F5N3O3/c1-13-8-15(2-3-17(13)22(25,26)27)29-20(33)30-6-4-21(24,5-7-30)19-18(23)10-14(11-28-19)9-16(32)12-31/h2-3,8,10-11,16,31-32H,4-7,9,12H2,1H3,(H,29,33)/t16-/m1/s1. The third-order valence-corrected chi connectivity index (χ3v) is 5.63.